The Morgan fingerprint density at radius 2 is 1.98 bits per heavy atom. The predicted molar refractivity (Wildman–Crippen MR) is 152 cm³/mol. The zero-order valence-corrected chi connectivity index (χ0v) is 23.0. The maximum Gasteiger partial charge on any atom is 0.309 e. The monoisotopic (exact) mass is 567 g/mol. The molecule has 6 rings (SSSR count). The number of fused-ring (bicyclic) bond motifs is 3. The molecule has 5 heterocycles. The van der Waals surface area contributed by atoms with Gasteiger partial charge in [0.2, 0.25) is 5.95 Å². The minimum absolute atomic E-state index is 0.0778. The summed E-state index contributed by atoms with van der Waals surface area (Å²) in [6, 6.07) is 10.2. The third kappa shape index (κ3) is 5.15. The number of hydrogen-bond donors (Lipinski definition) is 2. The molecule has 1 aliphatic rings. The number of piperazine rings is 1. The molecule has 0 saturated carbocycles. The van der Waals surface area contributed by atoms with Gasteiger partial charge in [-0.1, -0.05) is 11.3 Å². The number of thiazole rings is 1. The smallest absolute Gasteiger partial charge is 0.309 e. The number of nitrogen functional groups attached to an aromatic ring is 1. The second-order valence-electron chi connectivity index (χ2n) is 10.5. The van der Waals surface area contributed by atoms with Gasteiger partial charge in [0.1, 0.15) is 28.6 Å². The number of halogens is 1. The number of rotatable bonds is 8. The summed E-state index contributed by atoms with van der Waals surface area (Å²) in [6.07, 6.45) is 1.58. The van der Waals surface area contributed by atoms with Crippen LogP contribution >= 0.6 is 11.3 Å². The number of hydrogen-bond acceptors (Lipinski definition) is 10. The molecule has 0 spiro atoms. The highest BCUT2D eigenvalue weighted by atomic mass is 32.1. The third-order valence-electron chi connectivity index (χ3n) is 6.89. The molecule has 0 amide bonds. The molecule has 0 unspecified atom stereocenters. The minimum atomic E-state index is -0.996. The zero-order chi connectivity index (χ0) is 28.0. The number of anilines is 2. The van der Waals surface area contributed by atoms with E-state index in [-0.39, 0.29) is 23.2 Å². The molecule has 13 heteroatoms. The lowest BCUT2D eigenvalue weighted by atomic mass is 10.1. The van der Waals surface area contributed by atoms with E-state index < -0.39 is 5.60 Å². The quantitative estimate of drug-likeness (QED) is 0.291. The normalized spacial score (nSPS) is 14.9. The molecule has 1 fully saturated rings. The van der Waals surface area contributed by atoms with Crippen molar-refractivity contribution in [1.29, 1.82) is 0 Å². The van der Waals surface area contributed by atoms with E-state index in [9.17, 15) is 14.3 Å². The van der Waals surface area contributed by atoms with Crippen molar-refractivity contribution in [2.24, 2.45) is 0 Å². The number of ether oxygens (including phenoxy) is 1. The SMILES string of the molecule is CC(C)(O)COc1ccc(N2CCN(CCn3c(=O)sc4c3nc(N)n3nc(-c5ccco5)cc43)CC2)c(F)c1. The van der Waals surface area contributed by atoms with E-state index in [2.05, 4.69) is 15.0 Å². The van der Waals surface area contributed by atoms with Gasteiger partial charge in [-0.3, -0.25) is 14.3 Å². The number of nitrogens with two attached hydrogens (primary N) is 1. The van der Waals surface area contributed by atoms with Gasteiger partial charge in [0.05, 0.1) is 23.1 Å². The number of benzene rings is 1. The molecule has 0 atom stereocenters. The fourth-order valence-corrected chi connectivity index (χ4v) is 5.80. The van der Waals surface area contributed by atoms with E-state index in [0.717, 1.165) is 29.1 Å². The van der Waals surface area contributed by atoms with Crippen LogP contribution < -0.4 is 20.2 Å². The molecule has 5 aromatic rings. The van der Waals surface area contributed by atoms with Gasteiger partial charge in [0, 0.05) is 45.3 Å². The van der Waals surface area contributed by atoms with Crippen molar-refractivity contribution in [3.63, 3.8) is 0 Å². The van der Waals surface area contributed by atoms with E-state index >= 15 is 0 Å². The summed E-state index contributed by atoms with van der Waals surface area (Å²) in [5, 5.41) is 14.3. The molecule has 11 nitrogen and oxygen atoms in total. The first-order chi connectivity index (χ1) is 19.2. The molecule has 210 valence electrons. The lowest BCUT2D eigenvalue weighted by molar-refractivity contribution is 0.0284. The zero-order valence-electron chi connectivity index (χ0n) is 22.2. The average Bonchev–Trinajstić information content (AvgIpc) is 3.66. The molecule has 1 saturated heterocycles. The molecule has 0 radical (unpaired) electrons. The lowest BCUT2D eigenvalue weighted by Crippen LogP contribution is -2.47. The summed E-state index contributed by atoms with van der Waals surface area (Å²) in [6.45, 7) is 7.21. The molecule has 0 bridgehead atoms. The van der Waals surface area contributed by atoms with Crippen molar-refractivity contribution in [3.05, 3.63) is 58.1 Å². The highest BCUT2D eigenvalue weighted by Gasteiger charge is 2.22. The Balaban J connectivity index is 1.12. The highest BCUT2D eigenvalue weighted by Crippen LogP contribution is 2.29. The van der Waals surface area contributed by atoms with Crippen LogP contribution in [-0.4, -0.2) is 74.1 Å². The van der Waals surface area contributed by atoms with Crippen molar-refractivity contribution in [1.82, 2.24) is 24.1 Å². The van der Waals surface area contributed by atoms with Crippen molar-refractivity contribution in [2.75, 3.05) is 50.0 Å². The van der Waals surface area contributed by atoms with Crippen molar-refractivity contribution in [3.8, 4) is 17.2 Å². The molecule has 40 heavy (non-hydrogen) atoms. The summed E-state index contributed by atoms with van der Waals surface area (Å²) in [4.78, 5) is 21.6. The molecule has 3 N–H and O–H groups in total. The topological polar surface area (TPSA) is 127 Å². The fraction of sp³-hybridized carbons (Fsp3) is 0.370. The van der Waals surface area contributed by atoms with Crippen molar-refractivity contribution in [2.45, 2.75) is 26.0 Å². The van der Waals surface area contributed by atoms with Gasteiger partial charge in [0.25, 0.3) is 0 Å². The maximum atomic E-state index is 14.8. The molecule has 1 aromatic carbocycles. The summed E-state index contributed by atoms with van der Waals surface area (Å²) in [5.41, 5.74) is 7.61. The highest BCUT2D eigenvalue weighted by molar-refractivity contribution is 7.17. The first kappa shape index (κ1) is 26.3. The Kier molecular flexibility index (Phi) is 6.72. The maximum absolute atomic E-state index is 14.8. The van der Waals surface area contributed by atoms with Gasteiger partial charge in [-0.05, 0) is 44.2 Å². The van der Waals surface area contributed by atoms with Crippen LogP contribution in [0, 0.1) is 5.82 Å². The first-order valence-electron chi connectivity index (χ1n) is 13.0. The molecule has 0 aliphatic carbocycles. The molecular formula is C27H30FN7O4S. The van der Waals surface area contributed by atoms with Crippen LogP contribution in [0.5, 0.6) is 5.75 Å². The van der Waals surface area contributed by atoms with Crippen molar-refractivity contribution < 1.29 is 18.7 Å². The summed E-state index contributed by atoms with van der Waals surface area (Å²) in [7, 11) is 0. The van der Waals surface area contributed by atoms with Crippen LogP contribution in [0.2, 0.25) is 0 Å². The molecule has 1 aliphatic heterocycles. The van der Waals surface area contributed by atoms with E-state index in [1.54, 1.807) is 42.9 Å². The van der Waals surface area contributed by atoms with Crippen LogP contribution in [0.3, 0.4) is 0 Å². The van der Waals surface area contributed by atoms with Crippen molar-refractivity contribution >= 4 is 38.8 Å². The number of nitrogens with zero attached hydrogens (tertiary/aromatic N) is 6. The van der Waals surface area contributed by atoms with Crippen LogP contribution in [0.15, 0.2) is 51.9 Å². The second-order valence-corrected chi connectivity index (χ2v) is 11.5. The van der Waals surface area contributed by atoms with E-state index in [1.165, 1.54) is 10.6 Å². The number of furan rings is 1. The number of aromatic nitrogens is 4. The van der Waals surface area contributed by atoms with Gasteiger partial charge in [0.15, 0.2) is 11.4 Å². The predicted octanol–water partition coefficient (Wildman–Crippen LogP) is 3.06. The van der Waals surface area contributed by atoms with Gasteiger partial charge < -0.3 is 24.9 Å². The Hall–Kier alpha value is -3.94. The second kappa shape index (κ2) is 10.2. The Morgan fingerprint density at radius 3 is 2.67 bits per heavy atom. The Bertz CT molecular complexity index is 1710. The minimum Gasteiger partial charge on any atom is -0.491 e. The average molecular weight is 568 g/mol. The van der Waals surface area contributed by atoms with Crippen LogP contribution in [0.1, 0.15) is 13.8 Å². The first-order valence-corrected chi connectivity index (χ1v) is 13.8. The van der Waals surface area contributed by atoms with Crippen LogP contribution in [-0.2, 0) is 6.54 Å². The fourth-order valence-electron chi connectivity index (χ4n) is 4.84. The van der Waals surface area contributed by atoms with Crippen LogP contribution in [0.4, 0.5) is 16.0 Å². The molecule has 4 aromatic heterocycles. The van der Waals surface area contributed by atoms with E-state index in [1.807, 2.05) is 17.0 Å². The van der Waals surface area contributed by atoms with E-state index in [0.29, 0.717) is 60.2 Å². The standard InChI is InChI=1S/C27H30FN7O4S/c1-27(2,37)16-39-17-5-6-20(18(28)14-17)33-10-7-32(8-11-33)9-12-34-24-23(40-26(34)36)21-15-19(22-4-3-13-38-22)31-35(21)25(29)30-24/h3-6,13-15,37H,7-12,16H2,1-2H3,(H2,29,30). The van der Waals surface area contributed by atoms with Gasteiger partial charge in [-0.25, -0.2) is 4.39 Å². The summed E-state index contributed by atoms with van der Waals surface area (Å²) < 4.78 is 29.7. The molecular weight excluding hydrogens is 537 g/mol. The third-order valence-corrected chi connectivity index (χ3v) is 7.88. The van der Waals surface area contributed by atoms with Crippen LogP contribution in [0.25, 0.3) is 27.3 Å². The largest absolute Gasteiger partial charge is 0.491 e. The summed E-state index contributed by atoms with van der Waals surface area (Å²) in [5.74, 6) is 0.828. The van der Waals surface area contributed by atoms with Gasteiger partial charge >= 0.3 is 4.87 Å². The Labute approximate surface area is 232 Å². The Morgan fingerprint density at radius 1 is 1.18 bits per heavy atom. The summed E-state index contributed by atoms with van der Waals surface area (Å²) >= 11 is 1.12. The lowest BCUT2D eigenvalue weighted by Gasteiger charge is -2.36. The van der Waals surface area contributed by atoms with Gasteiger partial charge in [-0.2, -0.15) is 14.6 Å². The van der Waals surface area contributed by atoms with Gasteiger partial charge in [-0.15, -0.1) is 0 Å². The van der Waals surface area contributed by atoms with E-state index in [4.69, 9.17) is 14.9 Å². The number of aliphatic hydroxyl groups is 1.